The molecule has 0 saturated heterocycles. The highest BCUT2D eigenvalue weighted by atomic mass is 15.1. The van der Waals surface area contributed by atoms with E-state index >= 15 is 0 Å². The largest absolute Gasteiger partial charge is 0.370 e. The van der Waals surface area contributed by atoms with Gasteiger partial charge in [-0.3, -0.25) is 4.99 Å². The van der Waals surface area contributed by atoms with E-state index in [9.17, 15) is 0 Å². The van der Waals surface area contributed by atoms with Gasteiger partial charge in [0, 0.05) is 12.0 Å². The maximum atomic E-state index is 5.74. The van der Waals surface area contributed by atoms with Crippen molar-refractivity contribution in [3.63, 3.8) is 0 Å². The maximum absolute atomic E-state index is 5.74. The molecule has 16 heavy (non-hydrogen) atoms. The van der Waals surface area contributed by atoms with Crippen molar-refractivity contribution in [1.29, 1.82) is 0 Å². The molecule has 0 unspecified atom stereocenters. The fourth-order valence-electron chi connectivity index (χ4n) is 1.95. The molecule has 1 aliphatic rings. The van der Waals surface area contributed by atoms with Crippen LogP contribution in [0.15, 0.2) is 35.3 Å². The third-order valence-corrected chi connectivity index (χ3v) is 3.15. The number of nitrogens with zero attached hydrogens (tertiary/aromatic N) is 1. The number of nitrogens with one attached hydrogen (secondary N) is 1. The molecule has 2 rings (SSSR count). The molecular weight excluding hydrogens is 198 g/mol. The predicted molar refractivity (Wildman–Crippen MR) is 67.5 cm³/mol. The number of rotatable bonds is 4. The number of benzene rings is 1. The summed E-state index contributed by atoms with van der Waals surface area (Å²) < 4.78 is 0. The zero-order valence-corrected chi connectivity index (χ0v) is 9.74. The van der Waals surface area contributed by atoms with Crippen LogP contribution in [-0.4, -0.2) is 19.0 Å². The van der Waals surface area contributed by atoms with Gasteiger partial charge in [0.2, 0.25) is 0 Å². The molecule has 3 heteroatoms. The van der Waals surface area contributed by atoms with Crippen molar-refractivity contribution >= 4 is 5.96 Å². The lowest BCUT2D eigenvalue weighted by molar-refractivity contribution is 0.701. The van der Waals surface area contributed by atoms with Gasteiger partial charge < -0.3 is 11.1 Å². The minimum atomic E-state index is 0.265. The first kappa shape index (κ1) is 11.0. The first-order valence-corrected chi connectivity index (χ1v) is 5.86. The van der Waals surface area contributed by atoms with Crippen molar-refractivity contribution in [2.75, 3.05) is 13.1 Å². The van der Waals surface area contributed by atoms with Crippen molar-refractivity contribution < 1.29 is 0 Å². The van der Waals surface area contributed by atoms with Gasteiger partial charge >= 0.3 is 0 Å². The fourth-order valence-corrected chi connectivity index (χ4v) is 1.95. The molecule has 3 N–H and O–H groups in total. The zero-order valence-electron chi connectivity index (χ0n) is 9.74. The second-order valence-corrected chi connectivity index (χ2v) is 4.38. The quantitative estimate of drug-likeness (QED) is 0.595. The van der Waals surface area contributed by atoms with Crippen LogP contribution >= 0.6 is 0 Å². The third-order valence-electron chi connectivity index (χ3n) is 3.15. The summed E-state index contributed by atoms with van der Waals surface area (Å²) in [6, 6.07) is 10.6. The monoisotopic (exact) mass is 217 g/mol. The van der Waals surface area contributed by atoms with Crippen LogP contribution in [-0.2, 0) is 5.41 Å². The topological polar surface area (TPSA) is 50.4 Å². The number of aliphatic imine (C=N–C) groups is 1. The van der Waals surface area contributed by atoms with Gasteiger partial charge in [-0.2, -0.15) is 0 Å². The Morgan fingerprint density at radius 2 is 2.06 bits per heavy atom. The van der Waals surface area contributed by atoms with Crippen LogP contribution in [0, 0.1) is 0 Å². The Balaban J connectivity index is 2.02. The smallest absolute Gasteiger partial charge is 0.188 e. The second kappa shape index (κ2) is 4.56. The Labute approximate surface area is 96.8 Å². The van der Waals surface area contributed by atoms with Crippen LogP contribution in [0.4, 0.5) is 0 Å². The van der Waals surface area contributed by atoms with Crippen molar-refractivity contribution in [1.82, 2.24) is 5.32 Å². The number of hydrogen-bond donors (Lipinski definition) is 2. The highest BCUT2D eigenvalue weighted by Crippen LogP contribution is 2.48. The minimum Gasteiger partial charge on any atom is -0.370 e. The van der Waals surface area contributed by atoms with Gasteiger partial charge in [0.1, 0.15) is 0 Å². The summed E-state index contributed by atoms with van der Waals surface area (Å²) in [6.45, 7) is 3.65. The third kappa shape index (κ3) is 2.35. The number of nitrogens with two attached hydrogens (primary N) is 1. The average Bonchev–Trinajstić information content (AvgIpc) is 3.09. The van der Waals surface area contributed by atoms with Crippen molar-refractivity contribution in [3.8, 4) is 0 Å². The Kier molecular flexibility index (Phi) is 3.13. The van der Waals surface area contributed by atoms with Gasteiger partial charge in [-0.15, -0.1) is 0 Å². The second-order valence-electron chi connectivity index (χ2n) is 4.38. The zero-order chi connectivity index (χ0) is 11.4. The minimum absolute atomic E-state index is 0.265. The van der Waals surface area contributed by atoms with Crippen LogP contribution in [0.1, 0.15) is 25.3 Å². The van der Waals surface area contributed by atoms with E-state index in [0.29, 0.717) is 5.96 Å². The summed E-state index contributed by atoms with van der Waals surface area (Å²) in [6.07, 6.45) is 2.44. The molecule has 0 spiro atoms. The van der Waals surface area contributed by atoms with E-state index in [2.05, 4.69) is 40.6 Å². The molecule has 0 bridgehead atoms. The van der Waals surface area contributed by atoms with Crippen LogP contribution < -0.4 is 11.1 Å². The first-order valence-electron chi connectivity index (χ1n) is 5.86. The summed E-state index contributed by atoms with van der Waals surface area (Å²) in [7, 11) is 0. The lowest BCUT2D eigenvalue weighted by atomic mass is 9.96. The normalized spacial score (nSPS) is 18.2. The van der Waals surface area contributed by atoms with E-state index in [1.807, 2.05) is 6.92 Å². The molecule has 0 aromatic heterocycles. The molecule has 1 aliphatic carbocycles. The van der Waals surface area contributed by atoms with E-state index in [1.165, 1.54) is 18.4 Å². The van der Waals surface area contributed by atoms with Crippen molar-refractivity contribution in [3.05, 3.63) is 35.9 Å². The molecule has 0 radical (unpaired) electrons. The molecule has 1 saturated carbocycles. The van der Waals surface area contributed by atoms with E-state index in [4.69, 9.17) is 5.73 Å². The summed E-state index contributed by atoms with van der Waals surface area (Å²) in [5, 5.41) is 3.03. The molecule has 86 valence electrons. The average molecular weight is 217 g/mol. The lowest BCUT2D eigenvalue weighted by Crippen LogP contribution is -2.32. The fraction of sp³-hybridized carbons (Fsp3) is 0.462. The molecule has 0 amide bonds. The number of guanidine groups is 1. The van der Waals surface area contributed by atoms with Gasteiger partial charge in [0.15, 0.2) is 5.96 Å². The SMILES string of the molecule is CCNC(N)=NCC1(c2ccccc2)CC1. The molecule has 1 fully saturated rings. The Bertz CT molecular complexity index is 366. The van der Waals surface area contributed by atoms with Gasteiger partial charge in [-0.05, 0) is 25.3 Å². The predicted octanol–water partition coefficient (Wildman–Crippen LogP) is 1.64. The summed E-state index contributed by atoms with van der Waals surface area (Å²) in [4.78, 5) is 4.41. The van der Waals surface area contributed by atoms with Gasteiger partial charge in [0.25, 0.3) is 0 Å². The van der Waals surface area contributed by atoms with E-state index in [-0.39, 0.29) is 5.41 Å². The standard InChI is InChI=1S/C13H19N3/c1-2-15-12(14)16-10-13(8-9-13)11-6-4-3-5-7-11/h3-7H,2,8-10H2,1H3,(H3,14,15,16). The highest BCUT2D eigenvalue weighted by molar-refractivity contribution is 5.77. The van der Waals surface area contributed by atoms with Crippen LogP contribution in [0.3, 0.4) is 0 Å². The molecule has 0 heterocycles. The number of hydrogen-bond acceptors (Lipinski definition) is 1. The molecule has 0 atom stereocenters. The molecule has 1 aromatic carbocycles. The highest BCUT2D eigenvalue weighted by Gasteiger charge is 2.43. The summed E-state index contributed by atoms with van der Waals surface area (Å²) in [5.41, 5.74) is 7.39. The van der Waals surface area contributed by atoms with Gasteiger partial charge in [0.05, 0.1) is 6.54 Å². The van der Waals surface area contributed by atoms with Crippen LogP contribution in [0.25, 0.3) is 0 Å². The molecule has 3 nitrogen and oxygen atoms in total. The summed E-state index contributed by atoms with van der Waals surface area (Å²) in [5.74, 6) is 0.560. The lowest BCUT2D eigenvalue weighted by Gasteiger charge is -2.13. The van der Waals surface area contributed by atoms with Crippen LogP contribution in [0.2, 0.25) is 0 Å². The van der Waals surface area contributed by atoms with Gasteiger partial charge in [-0.25, -0.2) is 0 Å². The Hall–Kier alpha value is -1.51. The molecular formula is C13H19N3. The van der Waals surface area contributed by atoms with Crippen molar-refractivity contribution in [2.45, 2.75) is 25.2 Å². The molecule has 1 aromatic rings. The van der Waals surface area contributed by atoms with E-state index in [0.717, 1.165) is 13.1 Å². The van der Waals surface area contributed by atoms with E-state index < -0.39 is 0 Å². The maximum Gasteiger partial charge on any atom is 0.188 e. The van der Waals surface area contributed by atoms with Crippen molar-refractivity contribution in [2.24, 2.45) is 10.7 Å². The molecule has 0 aliphatic heterocycles. The first-order chi connectivity index (χ1) is 7.77. The van der Waals surface area contributed by atoms with E-state index in [1.54, 1.807) is 0 Å². The van der Waals surface area contributed by atoms with Crippen LogP contribution in [0.5, 0.6) is 0 Å². The Morgan fingerprint density at radius 1 is 1.38 bits per heavy atom. The summed E-state index contributed by atoms with van der Waals surface area (Å²) >= 11 is 0. The Morgan fingerprint density at radius 3 is 2.62 bits per heavy atom. The van der Waals surface area contributed by atoms with Gasteiger partial charge in [-0.1, -0.05) is 30.3 Å².